The largest absolute Gasteiger partial charge is 0.335 e. The molecule has 5 nitrogen and oxygen atoms in total. The van der Waals surface area contributed by atoms with Crippen LogP contribution in [0.15, 0.2) is 24.3 Å². The molecule has 114 valence electrons. The van der Waals surface area contributed by atoms with Crippen LogP contribution in [-0.4, -0.2) is 22.5 Å². The molecule has 2 heterocycles. The minimum atomic E-state index is -0.359. The first-order valence-corrected chi connectivity index (χ1v) is 7.62. The molecule has 1 aliphatic heterocycles. The first-order valence-electron chi connectivity index (χ1n) is 6.49. The average Bonchev–Trinajstić information content (AvgIpc) is 2.83. The molecule has 3 rings (SSSR count). The van der Waals surface area contributed by atoms with Gasteiger partial charge in [0, 0.05) is 17.9 Å². The predicted octanol–water partition coefficient (Wildman–Crippen LogP) is 4.02. The van der Waals surface area contributed by atoms with Gasteiger partial charge in [-0.05, 0) is 31.2 Å². The van der Waals surface area contributed by atoms with Crippen molar-refractivity contribution in [2.24, 2.45) is 0 Å². The van der Waals surface area contributed by atoms with Gasteiger partial charge in [-0.15, -0.1) is 0 Å². The molecule has 1 unspecified atom stereocenters. The number of anilines is 1. The van der Waals surface area contributed by atoms with E-state index in [-0.39, 0.29) is 12.1 Å². The van der Waals surface area contributed by atoms with Crippen LogP contribution in [0, 0.1) is 6.92 Å². The first-order chi connectivity index (χ1) is 10.5. The van der Waals surface area contributed by atoms with Crippen LogP contribution in [0.25, 0.3) is 0 Å². The second-order valence-corrected chi connectivity index (χ2v) is 6.06. The zero-order valence-corrected chi connectivity index (χ0v) is 13.7. The van der Waals surface area contributed by atoms with Gasteiger partial charge < -0.3 is 5.32 Å². The molecule has 0 aliphatic carbocycles. The molecule has 0 bridgehead atoms. The Kier molecular flexibility index (Phi) is 4.12. The Morgan fingerprint density at radius 3 is 2.64 bits per heavy atom. The van der Waals surface area contributed by atoms with Crippen molar-refractivity contribution < 1.29 is 4.79 Å². The van der Waals surface area contributed by atoms with E-state index in [0.717, 1.165) is 5.69 Å². The van der Waals surface area contributed by atoms with Crippen molar-refractivity contribution in [1.29, 1.82) is 0 Å². The van der Waals surface area contributed by atoms with Crippen LogP contribution in [0.5, 0.6) is 0 Å². The lowest BCUT2D eigenvalue weighted by Gasteiger charge is -2.22. The van der Waals surface area contributed by atoms with E-state index in [1.165, 1.54) is 0 Å². The lowest BCUT2D eigenvalue weighted by molar-refractivity contribution is 0.251. The molecule has 0 spiro atoms. The summed E-state index contributed by atoms with van der Waals surface area (Å²) in [4.78, 5) is 22.3. The lowest BCUT2D eigenvalue weighted by atomic mass is 10.2. The SMILES string of the molecule is Cc1cc(Cl)nc(C2CNC(=O)N2c2ccc(Cl)c(Cl)c2)n1. The summed E-state index contributed by atoms with van der Waals surface area (Å²) >= 11 is 18.0. The summed E-state index contributed by atoms with van der Waals surface area (Å²) in [6, 6.07) is 6.07. The Labute approximate surface area is 142 Å². The van der Waals surface area contributed by atoms with E-state index < -0.39 is 0 Å². The van der Waals surface area contributed by atoms with E-state index in [0.29, 0.717) is 33.3 Å². The van der Waals surface area contributed by atoms with Crippen molar-refractivity contribution in [3.63, 3.8) is 0 Å². The topological polar surface area (TPSA) is 58.1 Å². The molecule has 8 heteroatoms. The number of halogens is 3. The van der Waals surface area contributed by atoms with E-state index in [1.807, 2.05) is 6.92 Å². The van der Waals surface area contributed by atoms with Gasteiger partial charge in [-0.3, -0.25) is 4.90 Å². The third kappa shape index (κ3) is 2.84. The quantitative estimate of drug-likeness (QED) is 0.826. The average molecular weight is 358 g/mol. The number of aryl methyl sites for hydroxylation is 1. The van der Waals surface area contributed by atoms with Crippen molar-refractivity contribution >= 4 is 46.5 Å². The molecule has 0 radical (unpaired) electrons. The van der Waals surface area contributed by atoms with Gasteiger partial charge in [0.15, 0.2) is 5.82 Å². The van der Waals surface area contributed by atoms with E-state index in [4.69, 9.17) is 34.8 Å². The number of amides is 2. The fourth-order valence-corrected chi connectivity index (χ4v) is 2.88. The molecule has 22 heavy (non-hydrogen) atoms. The highest BCUT2D eigenvalue weighted by molar-refractivity contribution is 6.42. The molecule has 1 N–H and O–H groups in total. The maximum Gasteiger partial charge on any atom is 0.322 e. The van der Waals surface area contributed by atoms with Crippen molar-refractivity contribution in [2.45, 2.75) is 13.0 Å². The number of carbonyl (C=O) groups excluding carboxylic acids is 1. The maximum atomic E-state index is 12.2. The summed E-state index contributed by atoms with van der Waals surface area (Å²) in [7, 11) is 0. The number of carbonyl (C=O) groups is 1. The number of hydrogen-bond acceptors (Lipinski definition) is 3. The lowest BCUT2D eigenvalue weighted by Crippen LogP contribution is -2.30. The Morgan fingerprint density at radius 1 is 1.18 bits per heavy atom. The number of benzene rings is 1. The summed E-state index contributed by atoms with van der Waals surface area (Å²) in [5, 5.41) is 3.92. The zero-order valence-electron chi connectivity index (χ0n) is 11.5. The Hall–Kier alpha value is -1.56. The summed E-state index contributed by atoms with van der Waals surface area (Å²) in [6.45, 7) is 2.21. The minimum Gasteiger partial charge on any atom is -0.335 e. The molecule has 2 aromatic rings. The van der Waals surface area contributed by atoms with Gasteiger partial charge in [0.05, 0.1) is 10.0 Å². The van der Waals surface area contributed by atoms with Crippen LogP contribution in [0.4, 0.5) is 10.5 Å². The van der Waals surface area contributed by atoms with Gasteiger partial charge in [-0.1, -0.05) is 34.8 Å². The van der Waals surface area contributed by atoms with Crippen LogP contribution in [-0.2, 0) is 0 Å². The van der Waals surface area contributed by atoms with Gasteiger partial charge in [0.2, 0.25) is 0 Å². The number of urea groups is 1. The van der Waals surface area contributed by atoms with E-state index >= 15 is 0 Å². The Balaban J connectivity index is 2.03. The zero-order chi connectivity index (χ0) is 15.9. The van der Waals surface area contributed by atoms with Crippen LogP contribution < -0.4 is 10.2 Å². The molecule has 1 atom stereocenters. The van der Waals surface area contributed by atoms with E-state index in [1.54, 1.807) is 29.2 Å². The van der Waals surface area contributed by atoms with Gasteiger partial charge in [0.1, 0.15) is 11.2 Å². The molecule has 1 fully saturated rings. The third-order valence-corrected chi connectivity index (χ3v) is 4.23. The highest BCUT2D eigenvalue weighted by Gasteiger charge is 2.35. The van der Waals surface area contributed by atoms with Crippen molar-refractivity contribution in [1.82, 2.24) is 15.3 Å². The summed E-state index contributed by atoms with van der Waals surface area (Å²) < 4.78 is 0. The van der Waals surface area contributed by atoms with Crippen LogP contribution in [0.3, 0.4) is 0 Å². The third-order valence-electron chi connectivity index (χ3n) is 3.30. The van der Waals surface area contributed by atoms with Crippen molar-refractivity contribution in [2.75, 3.05) is 11.4 Å². The van der Waals surface area contributed by atoms with Gasteiger partial charge >= 0.3 is 6.03 Å². The number of nitrogens with one attached hydrogen (secondary N) is 1. The minimum absolute atomic E-state index is 0.246. The summed E-state index contributed by atoms with van der Waals surface area (Å²) in [5.74, 6) is 0.481. The monoisotopic (exact) mass is 356 g/mol. The van der Waals surface area contributed by atoms with Crippen LogP contribution in [0.1, 0.15) is 17.6 Å². The Morgan fingerprint density at radius 2 is 1.95 bits per heavy atom. The van der Waals surface area contributed by atoms with E-state index in [9.17, 15) is 4.79 Å². The van der Waals surface area contributed by atoms with Gasteiger partial charge in [-0.2, -0.15) is 0 Å². The van der Waals surface area contributed by atoms with Crippen molar-refractivity contribution in [3.05, 3.63) is 51.0 Å². The first kappa shape index (κ1) is 15.3. The molecular weight excluding hydrogens is 347 g/mol. The summed E-state index contributed by atoms with van der Waals surface area (Å²) in [5.41, 5.74) is 1.36. The number of aromatic nitrogens is 2. The maximum absolute atomic E-state index is 12.2. The number of nitrogens with zero attached hydrogens (tertiary/aromatic N) is 3. The van der Waals surface area contributed by atoms with E-state index in [2.05, 4.69) is 15.3 Å². The number of rotatable bonds is 2. The molecule has 1 aromatic heterocycles. The second-order valence-electron chi connectivity index (χ2n) is 4.86. The Bertz CT molecular complexity index is 733. The predicted molar refractivity (Wildman–Crippen MR) is 86.9 cm³/mol. The summed E-state index contributed by atoms with van der Waals surface area (Å²) in [6.07, 6.45) is 0. The molecule has 1 aliphatic rings. The standard InChI is InChI=1S/C14H11Cl3N4O/c1-7-4-12(17)20-13(19-7)11-6-18-14(22)21(11)8-2-3-9(15)10(16)5-8/h2-5,11H,6H2,1H3,(H,18,22). The highest BCUT2D eigenvalue weighted by atomic mass is 35.5. The molecule has 1 saturated heterocycles. The van der Waals surface area contributed by atoms with Crippen LogP contribution in [0.2, 0.25) is 15.2 Å². The molecule has 1 aromatic carbocycles. The fraction of sp³-hybridized carbons (Fsp3) is 0.214. The highest BCUT2D eigenvalue weighted by Crippen LogP contribution is 2.33. The van der Waals surface area contributed by atoms with Gasteiger partial charge in [0.25, 0.3) is 0 Å². The van der Waals surface area contributed by atoms with Crippen molar-refractivity contribution in [3.8, 4) is 0 Å². The fourth-order valence-electron chi connectivity index (χ4n) is 2.34. The number of hydrogen-bond donors (Lipinski definition) is 1. The normalized spacial score (nSPS) is 17.7. The molecule has 0 saturated carbocycles. The molecular formula is C14H11Cl3N4O. The molecule has 2 amide bonds. The second kappa shape index (κ2) is 5.91. The van der Waals surface area contributed by atoms with Gasteiger partial charge in [-0.25, -0.2) is 14.8 Å². The van der Waals surface area contributed by atoms with Crippen LogP contribution >= 0.6 is 34.8 Å². The smallest absolute Gasteiger partial charge is 0.322 e.